The number of ether oxygens (including phenoxy) is 3. The number of benzene rings is 2. The van der Waals surface area contributed by atoms with Crippen LogP contribution in [0.5, 0.6) is 0 Å². The number of aliphatic hydroxyl groups is 2. The predicted molar refractivity (Wildman–Crippen MR) is 92.6 cm³/mol. The molecule has 0 saturated carbocycles. The number of hydrogen-bond acceptors (Lipinski definition) is 5. The van der Waals surface area contributed by atoms with Crippen molar-refractivity contribution in [3.05, 3.63) is 71.8 Å². The van der Waals surface area contributed by atoms with Crippen LogP contribution in [0.25, 0.3) is 0 Å². The average molecular weight is 344 g/mol. The molecular weight excluding hydrogens is 320 g/mol. The van der Waals surface area contributed by atoms with Crippen molar-refractivity contribution in [2.24, 2.45) is 0 Å². The van der Waals surface area contributed by atoms with Gasteiger partial charge < -0.3 is 24.4 Å². The Bertz CT molecular complexity index is 633. The molecule has 2 aromatic rings. The Balaban J connectivity index is 1.52. The first-order valence-electron chi connectivity index (χ1n) is 8.48. The second kappa shape index (κ2) is 8.56. The lowest BCUT2D eigenvalue weighted by atomic mass is 10.1. The van der Waals surface area contributed by atoms with Crippen LogP contribution in [-0.4, -0.2) is 40.9 Å². The lowest BCUT2D eigenvalue weighted by molar-refractivity contribution is -0.162. The van der Waals surface area contributed by atoms with E-state index >= 15 is 0 Å². The third-order valence-corrected chi connectivity index (χ3v) is 4.35. The summed E-state index contributed by atoms with van der Waals surface area (Å²) >= 11 is 0. The highest BCUT2D eigenvalue weighted by Gasteiger charge is 2.46. The first kappa shape index (κ1) is 18.0. The van der Waals surface area contributed by atoms with Crippen LogP contribution in [0, 0.1) is 0 Å². The van der Waals surface area contributed by atoms with Gasteiger partial charge in [0.1, 0.15) is 18.3 Å². The lowest BCUT2D eigenvalue weighted by Gasteiger charge is -2.23. The fourth-order valence-electron chi connectivity index (χ4n) is 2.91. The van der Waals surface area contributed by atoms with Gasteiger partial charge in [0.15, 0.2) is 6.29 Å². The van der Waals surface area contributed by atoms with Crippen LogP contribution in [0.3, 0.4) is 0 Å². The van der Waals surface area contributed by atoms with Crippen LogP contribution >= 0.6 is 0 Å². The Morgan fingerprint density at radius 1 is 0.920 bits per heavy atom. The molecule has 0 unspecified atom stereocenters. The average Bonchev–Trinajstić information content (AvgIpc) is 2.94. The summed E-state index contributed by atoms with van der Waals surface area (Å²) in [5, 5.41) is 20.6. The minimum Gasteiger partial charge on any atom is -0.387 e. The molecule has 25 heavy (non-hydrogen) atoms. The van der Waals surface area contributed by atoms with Crippen LogP contribution in [0.15, 0.2) is 60.7 Å². The van der Waals surface area contributed by atoms with Gasteiger partial charge in [-0.1, -0.05) is 60.7 Å². The van der Waals surface area contributed by atoms with Gasteiger partial charge in [-0.05, 0) is 18.1 Å². The van der Waals surface area contributed by atoms with E-state index in [9.17, 15) is 10.2 Å². The molecule has 0 aliphatic carbocycles. The van der Waals surface area contributed by atoms with Gasteiger partial charge in [0.05, 0.1) is 19.3 Å². The first-order valence-corrected chi connectivity index (χ1v) is 8.48. The number of rotatable bonds is 7. The van der Waals surface area contributed by atoms with Gasteiger partial charge in [0, 0.05) is 0 Å². The van der Waals surface area contributed by atoms with E-state index < -0.39 is 24.6 Å². The van der Waals surface area contributed by atoms with Crippen molar-refractivity contribution in [3.63, 3.8) is 0 Å². The molecule has 2 aromatic carbocycles. The van der Waals surface area contributed by atoms with Gasteiger partial charge in [0.2, 0.25) is 0 Å². The van der Waals surface area contributed by atoms with Gasteiger partial charge in [-0.15, -0.1) is 0 Å². The van der Waals surface area contributed by atoms with Crippen molar-refractivity contribution in [1.29, 1.82) is 0 Å². The summed E-state index contributed by atoms with van der Waals surface area (Å²) in [6.45, 7) is 2.54. The number of aliphatic hydroxyl groups excluding tert-OH is 2. The molecule has 3 rings (SSSR count). The minimum atomic E-state index is -1.17. The molecule has 0 radical (unpaired) electrons. The standard InChI is InChI=1S/C20H24O5/c1-14(23-12-15-8-4-2-5-9-15)18-17(21)19(20(22)25-18)24-13-16-10-6-3-7-11-16/h2-11,14,17-22H,12-13H2,1H3/t14-,17+,18+,19-,20+/m0/s1. The van der Waals surface area contributed by atoms with E-state index in [2.05, 4.69) is 0 Å². The monoisotopic (exact) mass is 344 g/mol. The van der Waals surface area contributed by atoms with Gasteiger partial charge in [0.25, 0.3) is 0 Å². The van der Waals surface area contributed by atoms with Crippen molar-refractivity contribution in [3.8, 4) is 0 Å². The fraction of sp³-hybridized carbons (Fsp3) is 0.400. The topological polar surface area (TPSA) is 68.2 Å². The van der Waals surface area contributed by atoms with Gasteiger partial charge in [-0.3, -0.25) is 0 Å². The highest BCUT2D eigenvalue weighted by Crippen LogP contribution is 2.27. The Morgan fingerprint density at radius 2 is 1.48 bits per heavy atom. The summed E-state index contributed by atoms with van der Waals surface area (Å²) in [5.41, 5.74) is 2.01. The van der Waals surface area contributed by atoms with Crippen molar-refractivity contribution in [2.75, 3.05) is 0 Å². The summed E-state index contributed by atoms with van der Waals surface area (Å²) in [7, 11) is 0. The van der Waals surface area contributed by atoms with Crippen molar-refractivity contribution in [2.45, 2.75) is 50.8 Å². The van der Waals surface area contributed by atoms with E-state index in [1.165, 1.54) is 0 Å². The third-order valence-electron chi connectivity index (χ3n) is 4.35. The fourth-order valence-corrected chi connectivity index (χ4v) is 2.91. The molecule has 1 heterocycles. The van der Waals surface area contributed by atoms with Crippen LogP contribution in [0.2, 0.25) is 0 Å². The Morgan fingerprint density at radius 3 is 2.08 bits per heavy atom. The molecule has 0 spiro atoms. The van der Waals surface area contributed by atoms with E-state index in [1.807, 2.05) is 67.6 Å². The molecule has 134 valence electrons. The van der Waals surface area contributed by atoms with E-state index in [0.29, 0.717) is 13.2 Å². The van der Waals surface area contributed by atoms with Gasteiger partial charge in [-0.25, -0.2) is 0 Å². The maximum Gasteiger partial charge on any atom is 0.184 e. The largest absolute Gasteiger partial charge is 0.387 e. The minimum absolute atomic E-state index is 0.301. The maximum absolute atomic E-state index is 10.5. The highest BCUT2D eigenvalue weighted by atomic mass is 16.7. The summed E-state index contributed by atoms with van der Waals surface area (Å²) < 4.78 is 16.9. The molecule has 0 aromatic heterocycles. The van der Waals surface area contributed by atoms with Crippen molar-refractivity contribution >= 4 is 0 Å². The van der Waals surface area contributed by atoms with E-state index in [1.54, 1.807) is 0 Å². The van der Waals surface area contributed by atoms with E-state index in [-0.39, 0.29) is 6.10 Å². The molecule has 5 heteroatoms. The summed E-state index contributed by atoms with van der Waals surface area (Å²) in [6, 6.07) is 19.4. The molecule has 1 saturated heterocycles. The molecule has 0 bridgehead atoms. The van der Waals surface area contributed by atoms with E-state index in [4.69, 9.17) is 14.2 Å². The zero-order valence-electron chi connectivity index (χ0n) is 14.2. The van der Waals surface area contributed by atoms with Crippen molar-refractivity contribution < 1.29 is 24.4 Å². The zero-order chi connectivity index (χ0) is 17.6. The zero-order valence-corrected chi connectivity index (χ0v) is 14.2. The molecule has 1 aliphatic heterocycles. The summed E-state index contributed by atoms with van der Waals surface area (Å²) in [5.74, 6) is 0. The van der Waals surface area contributed by atoms with Crippen molar-refractivity contribution in [1.82, 2.24) is 0 Å². The molecule has 5 atom stereocenters. The first-order chi connectivity index (χ1) is 12.1. The second-order valence-electron chi connectivity index (χ2n) is 6.24. The normalized spacial score (nSPS) is 27.3. The van der Waals surface area contributed by atoms with Crippen LogP contribution < -0.4 is 0 Å². The molecule has 5 nitrogen and oxygen atoms in total. The molecule has 2 N–H and O–H groups in total. The molecular formula is C20H24O5. The molecule has 1 fully saturated rings. The molecule has 0 amide bonds. The number of hydrogen-bond donors (Lipinski definition) is 2. The molecule has 1 aliphatic rings. The Labute approximate surface area is 147 Å². The van der Waals surface area contributed by atoms with Gasteiger partial charge >= 0.3 is 0 Å². The quantitative estimate of drug-likeness (QED) is 0.806. The Hall–Kier alpha value is -1.76. The predicted octanol–water partition coefficient (Wildman–Crippen LogP) is 2.26. The smallest absolute Gasteiger partial charge is 0.184 e. The SMILES string of the molecule is C[C@H](OCc1ccccc1)[C@H]1O[C@@H](O)[C@@H](OCc2ccccc2)[C@@H]1O. The highest BCUT2D eigenvalue weighted by molar-refractivity contribution is 5.14. The van der Waals surface area contributed by atoms with E-state index in [0.717, 1.165) is 11.1 Å². The lowest BCUT2D eigenvalue weighted by Crippen LogP contribution is -2.40. The van der Waals surface area contributed by atoms with Crippen LogP contribution in [0.4, 0.5) is 0 Å². The summed E-state index contributed by atoms with van der Waals surface area (Å²) in [4.78, 5) is 0. The van der Waals surface area contributed by atoms with Crippen LogP contribution in [0.1, 0.15) is 18.1 Å². The summed E-state index contributed by atoms with van der Waals surface area (Å²) in [6.07, 6.45) is -3.95. The maximum atomic E-state index is 10.5. The Kier molecular flexibility index (Phi) is 6.18. The van der Waals surface area contributed by atoms with Crippen LogP contribution in [-0.2, 0) is 27.4 Å². The third kappa shape index (κ3) is 4.66. The van der Waals surface area contributed by atoms with Gasteiger partial charge in [-0.2, -0.15) is 0 Å². The second-order valence-corrected chi connectivity index (χ2v) is 6.24.